The van der Waals surface area contributed by atoms with E-state index in [4.69, 9.17) is 11.6 Å². The van der Waals surface area contributed by atoms with Crippen LogP contribution >= 0.6 is 11.6 Å². The Bertz CT molecular complexity index is 491. The lowest BCUT2D eigenvalue weighted by atomic mass is 10.0. The highest BCUT2D eigenvalue weighted by atomic mass is 35.5. The summed E-state index contributed by atoms with van der Waals surface area (Å²) in [5.41, 5.74) is 3.71. The fourth-order valence-corrected chi connectivity index (χ4v) is 1.92. The minimum absolute atomic E-state index is 0.363. The molecule has 0 aliphatic carbocycles. The third kappa shape index (κ3) is 2.87. The van der Waals surface area contributed by atoms with Crippen LogP contribution in [-0.2, 0) is 0 Å². The second kappa shape index (κ2) is 5.35. The molecule has 1 N–H and O–H groups in total. The van der Waals surface area contributed by atoms with Gasteiger partial charge in [0.15, 0.2) is 0 Å². The maximum Gasteiger partial charge on any atom is 0.0406 e. The molecule has 2 aromatic carbocycles. The number of nitrogens with one attached hydrogen (secondary N) is 1. The van der Waals surface area contributed by atoms with Gasteiger partial charge in [-0.2, -0.15) is 0 Å². The highest BCUT2D eigenvalue weighted by Crippen LogP contribution is 2.24. The highest BCUT2D eigenvalue weighted by molar-refractivity contribution is 6.30. The van der Waals surface area contributed by atoms with E-state index in [2.05, 4.69) is 36.5 Å². The molecule has 88 valence electrons. The number of hydrogen-bond acceptors (Lipinski definition) is 1. The molecule has 0 saturated heterocycles. The van der Waals surface area contributed by atoms with Crippen LogP contribution in [0.3, 0.4) is 0 Å². The van der Waals surface area contributed by atoms with Crippen LogP contribution < -0.4 is 5.32 Å². The molecular weight excluding hydrogens is 230 g/mol. The first-order chi connectivity index (χ1) is 8.20. The lowest BCUT2D eigenvalue weighted by Crippen LogP contribution is -2.12. The third-order valence-electron chi connectivity index (χ3n) is 3.00. The lowest BCUT2D eigenvalue weighted by Gasteiger charge is -2.12. The first kappa shape index (κ1) is 12.2. The van der Waals surface area contributed by atoms with E-state index in [1.165, 1.54) is 16.7 Å². The molecule has 2 aromatic rings. The molecule has 0 bridgehead atoms. The van der Waals surface area contributed by atoms with Crippen LogP contribution in [0.25, 0.3) is 11.1 Å². The van der Waals surface area contributed by atoms with Crippen LogP contribution in [0, 0.1) is 0 Å². The summed E-state index contributed by atoms with van der Waals surface area (Å²) < 4.78 is 0. The summed E-state index contributed by atoms with van der Waals surface area (Å²) in [7, 11) is 1.97. The number of rotatable bonds is 3. The van der Waals surface area contributed by atoms with Crippen LogP contribution in [-0.4, -0.2) is 7.05 Å². The van der Waals surface area contributed by atoms with Crippen molar-refractivity contribution in [3.8, 4) is 11.1 Å². The van der Waals surface area contributed by atoms with Gasteiger partial charge in [0.2, 0.25) is 0 Å². The summed E-state index contributed by atoms with van der Waals surface area (Å²) in [6.07, 6.45) is 0. The molecule has 1 atom stereocenters. The monoisotopic (exact) mass is 245 g/mol. The molecule has 17 heavy (non-hydrogen) atoms. The highest BCUT2D eigenvalue weighted by Gasteiger charge is 2.04. The van der Waals surface area contributed by atoms with E-state index in [-0.39, 0.29) is 0 Å². The second-order valence-electron chi connectivity index (χ2n) is 4.14. The number of benzene rings is 2. The average Bonchev–Trinajstić information content (AvgIpc) is 2.39. The fraction of sp³-hybridized carbons (Fsp3) is 0.200. The molecule has 0 aromatic heterocycles. The van der Waals surface area contributed by atoms with Gasteiger partial charge in [-0.05, 0) is 48.9 Å². The molecule has 0 saturated carbocycles. The normalized spacial score (nSPS) is 12.4. The van der Waals surface area contributed by atoms with Crippen molar-refractivity contribution >= 4 is 11.6 Å². The average molecular weight is 246 g/mol. The molecule has 0 heterocycles. The SMILES string of the molecule is CNC(C)c1cccc(-c2ccc(Cl)cc2)c1. The smallest absolute Gasteiger partial charge is 0.0406 e. The van der Waals surface area contributed by atoms with Crippen molar-refractivity contribution in [2.45, 2.75) is 13.0 Å². The summed E-state index contributed by atoms with van der Waals surface area (Å²) in [6.45, 7) is 2.15. The van der Waals surface area contributed by atoms with Gasteiger partial charge in [0.25, 0.3) is 0 Å². The molecule has 2 rings (SSSR count). The Kier molecular flexibility index (Phi) is 3.82. The van der Waals surface area contributed by atoms with Crippen LogP contribution in [0.15, 0.2) is 48.5 Å². The van der Waals surface area contributed by atoms with Crippen LogP contribution in [0.1, 0.15) is 18.5 Å². The Balaban J connectivity index is 2.36. The van der Waals surface area contributed by atoms with Crippen molar-refractivity contribution in [3.05, 3.63) is 59.1 Å². The first-order valence-electron chi connectivity index (χ1n) is 5.74. The lowest BCUT2D eigenvalue weighted by molar-refractivity contribution is 0.652. The van der Waals surface area contributed by atoms with Gasteiger partial charge >= 0.3 is 0 Å². The predicted octanol–water partition coefficient (Wildman–Crippen LogP) is 4.29. The van der Waals surface area contributed by atoms with E-state index in [0.29, 0.717) is 6.04 Å². The summed E-state index contributed by atoms with van der Waals surface area (Å²) >= 11 is 5.89. The summed E-state index contributed by atoms with van der Waals surface area (Å²) in [6, 6.07) is 16.9. The quantitative estimate of drug-likeness (QED) is 0.851. The molecule has 0 fully saturated rings. The van der Waals surface area contributed by atoms with Crippen LogP contribution in [0.2, 0.25) is 5.02 Å². The van der Waals surface area contributed by atoms with E-state index in [1.807, 2.05) is 31.3 Å². The molecule has 2 heteroatoms. The molecule has 0 radical (unpaired) electrons. The van der Waals surface area contributed by atoms with Gasteiger partial charge in [-0.1, -0.05) is 41.9 Å². The molecule has 0 aliphatic heterocycles. The van der Waals surface area contributed by atoms with Crippen LogP contribution in [0.5, 0.6) is 0 Å². The topological polar surface area (TPSA) is 12.0 Å². The van der Waals surface area contributed by atoms with Gasteiger partial charge in [0, 0.05) is 11.1 Å². The zero-order chi connectivity index (χ0) is 12.3. The Morgan fingerprint density at radius 1 is 1.00 bits per heavy atom. The van der Waals surface area contributed by atoms with Gasteiger partial charge < -0.3 is 5.32 Å². The molecule has 1 nitrogen and oxygen atoms in total. The molecule has 0 spiro atoms. The Morgan fingerprint density at radius 3 is 2.35 bits per heavy atom. The van der Waals surface area contributed by atoms with E-state index >= 15 is 0 Å². The van der Waals surface area contributed by atoms with E-state index < -0.39 is 0 Å². The molecule has 1 unspecified atom stereocenters. The van der Waals surface area contributed by atoms with Crippen molar-refractivity contribution in [2.75, 3.05) is 7.05 Å². The summed E-state index contributed by atoms with van der Waals surface area (Å²) in [5.74, 6) is 0. The largest absolute Gasteiger partial charge is 0.313 e. The maximum absolute atomic E-state index is 5.89. The van der Waals surface area contributed by atoms with Crippen molar-refractivity contribution in [3.63, 3.8) is 0 Å². The van der Waals surface area contributed by atoms with Gasteiger partial charge in [-0.3, -0.25) is 0 Å². The zero-order valence-electron chi connectivity index (χ0n) is 10.1. The molecular formula is C15H16ClN. The maximum atomic E-state index is 5.89. The number of halogens is 1. The van der Waals surface area contributed by atoms with Crippen molar-refractivity contribution in [1.82, 2.24) is 5.32 Å². The van der Waals surface area contributed by atoms with E-state index in [1.54, 1.807) is 0 Å². The van der Waals surface area contributed by atoms with Gasteiger partial charge in [-0.15, -0.1) is 0 Å². The minimum atomic E-state index is 0.363. The molecule has 0 aliphatic rings. The minimum Gasteiger partial charge on any atom is -0.313 e. The Labute approximate surface area is 107 Å². The number of hydrogen-bond donors (Lipinski definition) is 1. The molecule has 0 amide bonds. The first-order valence-corrected chi connectivity index (χ1v) is 6.11. The predicted molar refractivity (Wildman–Crippen MR) is 74.4 cm³/mol. The van der Waals surface area contributed by atoms with Crippen molar-refractivity contribution in [2.24, 2.45) is 0 Å². The zero-order valence-corrected chi connectivity index (χ0v) is 10.8. The summed E-state index contributed by atoms with van der Waals surface area (Å²) in [4.78, 5) is 0. The fourth-order valence-electron chi connectivity index (χ4n) is 1.80. The van der Waals surface area contributed by atoms with Gasteiger partial charge in [0.1, 0.15) is 0 Å². The third-order valence-corrected chi connectivity index (χ3v) is 3.25. The van der Waals surface area contributed by atoms with Crippen LogP contribution in [0.4, 0.5) is 0 Å². The van der Waals surface area contributed by atoms with Crippen molar-refractivity contribution in [1.29, 1.82) is 0 Å². The van der Waals surface area contributed by atoms with E-state index in [0.717, 1.165) is 5.02 Å². The summed E-state index contributed by atoms with van der Waals surface area (Å²) in [5, 5.41) is 4.02. The standard InChI is InChI=1S/C15H16ClN/c1-11(17-2)13-4-3-5-14(10-13)12-6-8-15(16)9-7-12/h3-11,17H,1-2H3. The van der Waals surface area contributed by atoms with Gasteiger partial charge in [-0.25, -0.2) is 0 Å². The van der Waals surface area contributed by atoms with Crippen molar-refractivity contribution < 1.29 is 0 Å². The van der Waals surface area contributed by atoms with E-state index in [9.17, 15) is 0 Å². The Hall–Kier alpha value is -1.31. The second-order valence-corrected chi connectivity index (χ2v) is 4.58. The Morgan fingerprint density at radius 2 is 1.71 bits per heavy atom. The van der Waals surface area contributed by atoms with Gasteiger partial charge in [0.05, 0.1) is 0 Å².